The van der Waals surface area contributed by atoms with Crippen molar-refractivity contribution in [1.82, 2.24) is 5.32 Å². The van der Waals surface area contributed by atoms with Crippen molar-refractivity contribution in [2.45, 2.75) is 32.0 Å². The first-order valence-electron chi connectivity index (χ1n) is 5.57. The normalized spacial score (nSPS) is 13.8. The molecule has 0 spiro atoms. The fraction of sp³-hybridized carbons (Fsp3) is 0.538. The van der Waals surface area contributed by atoms with Crippen LogP contribution in [0.4, 0.5) is 0 Å². The molecule has 0 saturated carbocycles. The fourth-order valence-corrected chi connectivity index (χ4v) is 1.79. The molecule has 1 aromatic rings. The minimum atomic E-state index is -0.754. The first kappa shape index (κ1) is 13.2. The second-order valence-corrected chi connectivity index (χ2v) is 4.76. The molecule has 1 rings (SSSR count). The summed E-state index contributed by atoms with van der Waals surface area (Å²) in [5, 5.41) is 22.7. The predicted octanol–water partition coefficient (Wildman–Crippen LogP) is 1.25. The van der Waals surface area contributed by atoms with Gasteiger partial charge in [0.15, 0.2) is 0 Å². The molecule has 0 bridgehead atoms. The van der Waals surface area contributed by atoms with Gasteiger partial charge in [0, 0.05) is 13.0 Å². The SMILES string of the molecule is CNCC(O)c1ccccc1CC(C)(C)O. The zero-order valence-corrected chi connectivity index (χ0v) is 10.2. The highest BCUT2D eigenvalue weighted by molar-refractivity contribution is 5.30. The van der Waals surface area contributed by atoms with Gasteiger partial charge in [0.1, 0.15) is 0 Å². The molecule has 0 aliphatic heterocycles. The van der Waals surface area contributed by atoms with Crippen LogP contribution in [0.15, 0.2) is 24.3 Å². The fourth-order valence-electron chi connectivity index (χ4n) is 1.79. The number of likely N-dealkylation sites (N-methyl/N-ethyl adjacent to an activating group) is 1. The first-order valence-corrected chi connectivity index (χ1v) is 5.57. The third-order valence-corrected chi connectivity index (χ3v) is 2.43. The summed E-state index contributed by atoms with van der Waals surface area (Å²) in [6, 6.07) is 7.69. The van der Waals surface area contributed by atoms with Crippen LogP contribution in [-0.2, 0) is 6.42 Å². The lowest BCUT2D eigenvalue weighted by molar-refractivity contribution is 0.0797. The maximum absolute atomic E-state index is 9.95. The maximum Gasteiger partial charge on any atom is 0.0916 e. The number of rotatable bonds is 5. The highest BCUT2D eigenvalue weighted by Gasteiger charge is 2.18. The standard InChI is InChI=1S/C13H21NO2/c1-13(2,16)8-10-6-4-5-7-11(10)12(15)9-14-3/h4-7,12,14-16H,8-9H2,1-3H3. The van der Waals surface area contributed by atoms with Crippen LogP contribution >= 0.6 is 0 Å². The van der Waals surface area contributed by atoms with Crippen LogP contribution in [0.25, 0.3) is 0 Å². The zero-order valence-electron chi connectivity index (χ0n) is 10.2. The predicted molar refractivity (Wildman–Crippen MR) is 65.3 cm³/mol. The Morgan fingerprint density at radius 2 is 1.94 bits per heavy atom. The molecule has 0 radical (unpaired) electrons. The molecule has 90 valence electrons. The summed E-state index contributed by atoms with van der Waals surface area (Å²) in [5.41, 5.74) is 1.13. The Morgan fingerprint density at radius 3 is 2.50 bits per heavy atom. The average Bonchev–Trinajstić information content (AvgIpc) is 2.16. The quantitative estimate of drug-likeness (QED) is 0.704. The third-order valence-electron chi connectivity index (χ3n) is 2.43. The molecule has 0 heterocycles. The Bertz CT molecular complexity index is 331. The summed E-state index contributed by atoms with van der Waals surface area (Å²) < 4.78 is 0. The summed E-state index contributed by atoms with van der Waals surface area (Å²) in [4.78, 5) is 0. The molecule has 16 heavy (non-hydrogen) atoms. The molecule has 0 amide bonds. The van der Waals surface area contributed by atoms with Crippen LogP contribution in [-0.4, -0.2) is 29.4 Å². The highest BCUT2D eigenvalue weighted by atomic mass is 16.3. The Labute approximate surface area is 97.1 Å². The summed E-state index contributed by atoms with van der Waals surface area (Å²) in [6.45, 7) is 4.06. The molecule has 0 aliphatic carbocycles. The molecular weight excluding hydrogens is 202 g/mol. The minimum Gasteiger partial charge on any atom is -0.390 e. The van der Waals surface area contributed by atoms with Crippen LogP contribution in [0.2, 0.25) is 0 Å². The number of hydrogen-bond acceptors (Lipinski definition) is 3. The van der Waals surface area contributed by atoms with Crippen molar-refractivity contribution in [3.05, 3.63) is 35.4 Å². The monoisotopic (exact) mass is 223 g/mol. The van der Waals surface area contributed by atoms with E-state index >= 15 is 0 Å². The van der Waals surface area contributed by atoms with Gasteiger partial charge in [-0.25, -0.2) is 0 Å². The van der Waals surface area contributed by atoms with Crippen molar-refractivity contribution >= 4 is 0 Å². The summed E-state index contributed by atoms with van der Waals surface area (Å²) in [7, 11) is 1.81. The Morgan fingerprint density at radius 1 is 1.31 bits per heavy atom. The first-order chi connectivity index (χ1) is 7.44. The maximum atomic E-state index is 9.95. The van der Waals surface area contributed by atoms with E-state index in [0.29, 0.717) is 13.0 Å². The largest absolute Gasteiger partial charge is 0.390 e. The van der Waals surface area contributed by atoms with Gasteiger partial charge in [-0.3, -0.25) is 0 Å². The van der Waals surface area contributed by atoms with Crippen LogP contribution in [0, 0.1) is 0 Å². The van der Waals surface area contributed by atoms with Gasteiger partial charge in [-0.1, -0.05) is 24.3 Å². The second kappa shape index (κ2) is 5.43. The number of nitrogens with one attached hydrogen (secondary N) is 1. The number of hydrogen-bond donors (Lipinski definition) is 3. The summed E-state index contributed by atoms with van der Waals surface area (Å²) in [6.07, 6.45) is 0.0211. The van der Waals surface area contributed by atoms with Gasteiger partial charge in [0.25, 0.3) is 0 Å². The van der Waals surface area contributed by atoms with Crippen molar-refractivity contribution in [2.75, 3.05) is 13.6 Å². The Balaban J connectivity index is 2.91. The van der Waals surface area contributed by atoms with Gasteiger partial charge in [0.2, 0.25) is 0 Å². The summed E-state index contributed by atoms with van der Waals surface area (Å²) >= 11 is 0. The molecule has 0 aromatic heterocycles. The van der Waals surface area contributed by atoms with Crippen LogP contribution in [0.3, 0.4) is 0 Å². The van der Waals surface area contributed by atoms with E-state index in [4.69, 9.17) is 0 Å². The second-order valence-electron chi connectivity index (χ2n) is 4.76. The van der Waals surface area contributed by atoms with Gasteiger partial charge in [-0.2, -0.15) is 0 Å². The van der Waals surface area contributed by atoms with E-state index in [1.54, 1.807) is 13.8 Å². The van der Waals surface area contributed by atoms with Gasteiger partial charge in [-0.15, -0.1) is 0 Å². The van der Waals surface area contributed by atoms with Gasteiger partial charge < -0.3 is 15.5 Å². The van der Waals surface area contributed by atoms with Crippen LogP contribution in [0.5, 0.6) is 0 Å². The van der Waals surface area contributed by atoms with E-state index in [-0.39, 0.29) is 0 Å². The molecule has 1 aromatic carbocycles. The Kier molecular flexibility index (Phi) is 4.47. The molecule has 3 heteroatoms. The molecule has 3 N–H and O–H groups in total. The zero-order chi connectivity index (χ0) is 12.2. The van der Waals surface area contributed by atoms with E-state index < -0.39 is 11.7 Å². The van der Waals surface area contributed by atoms with E-state index in [9.17, 15) is 10.2 Å². The number of aliphatic hydroxyl groups excluding tert-OH is 1. The van der Waals surface area contributed by atoms with Crippen LogP contribution < -0.4 is 5.32 Å². The van der Waals surface area contributed by atoms with Gasteiger partial charge in [-0.05, 0) is 32.0 Å². The van der Waals surface area contributed by atoms with Crippen molar-refractivity contribution in [2.24, 2.45) is 0 Å². The molecule has 0 fully saturated rings. The Hall–Kier alpha value is -0.900. The van der Waals surface area contributed by atoms with Crippen molar-refractivity contribution in [3.63, 3.8) is 0 Å². The molecule has 0 saturated heterocycles. The lowest BCUT2D eigenvalue weighted by Crippen LogP contribution is -2.24. The van der Waals surface area contributed by atoms with Crippen molar-refractivity contribution in [1.29, 1.82) is 0 Å². The van der Waals surface area contributed by atoms with Gasteiger partial charge in [0.05, 0.1) is 11.7 Å². The minimum absolute atomic E-state index is 0.517. The lowest BCUT2D eigenvalue weighted by atomic mass is 9.92. The average molecular weight is 223 g/mol. The highest BCUT2D eigenvalue weighted by Crippen LogP contribution is 2.21. The molecular formula is C13H21NO2. The van der Waals surface area contributed by atoms with Crippen molar-refractivity contribution in [3.8, 4) is 0 Å². The number of aliphatic hydroxyl groups is 2. The topological polar surface area (TPSA) is 52.5 Å². The molecule has 1 unspecified atom stereocenters. The van der Waals surface area contributed by atoms with Crippen molar-refractivity contribution < 1.29 is 10.2 Å². The smallest absolute Gasteiger partial charge is 0.0916 e. The number of benzene rings is 1. The van der Waals surface area contributed by atoms with E-state index in [1.807, 2.05) is 31.3 Å². The van der Waals surface area contributed by atoms with Gasteiger partial charge >= 0.3 is 0 Å². The van der Waals surface area contributed by atoms with E-state index in [1.165, 1.54) is 0 Å². The molecule has 1 atom stereocenters. The van der Waals surface area contributed by atoms with E-state index in [2.05, 4.69) is 5.32 Å². The third kappa shape index (κ3) is 3.93. The summed E-state index contributed by atoms with van der Waals surface area (Å²) in [5.74, 6) is 0. The van der Waals surface area contributed by atoms with E-state index in [0.717, 1.165) is 11.1 Å². The molecule has 0 aliphatic rings. The lowest BCUT2D eigenvalue weighted by Gasteiger charge is -2.21. The molecule has 3 nitrogen and oxygen atoms in total. The van der Waals surface area contributed by atoms with Crippen LogP contribution in [0.1, 0.15) is 31.1 Å².